The molecule has 0 saturated heterocycles. The monoisotopic (exact) mass is 377 g/mol. The van der Waals surface area contributed by atoms with Crippen LogP contribution in [0.4, 0.5) is 0 Å². The molecule has 144 valence electrons. The Kier molecular flexibility index (Phi) is 4.95. The van der Waals surface area contributed by atoms with Crippen LogP contribution >= 0.6 is 0 Å². The molecule has 0 radical (unpaired) electrons. The Balaban J connectivity index is 1.84. The number of methoxy groups -OCH3 is 1. The summed E-state index contributed by atoms with van der Waals surface area (Å²) in [5, 5.41) is 3.43. The van der Waals surface area contributed by atoms with Crippen molar-refractivity contribution in [1.82, 2.24) is 5.32 Å². The number of allylic oxidation sites excluding steroid dienone is 4. The molecule has 0 spiro atoms. The minimum Gasteiger partial charge on any atom is -0.493 e. The average molecular weight is 377 g/mol. The lowest BCUT2D eigenvalue weighted by atomic mass is 9.71. The SMILES string of the molecule is C#CCOc1ccc(C2C3=C(CCCC3=O)NC3=C2C(=O)CCC3)cc1OC. The third kappa shape index (κ3) is 3.09. The van der Waals surface area contributed by atoms with E-state index in [1.807, 2.05) is 12.1 Å². The minimum atomic E-state index is -0.345. The first-order valence-corrected chi connectivity index (χ1v) is 9.67. The second kappa shape index (κ2) is 7.55. The fraction of sp³-hybridized carbons (Fsp3) is 0.391. The zero-order valence-corrected chi connectivity index (χ0v) is 16.0. The van der Waals surface area contributed by atoms with E-state index in [1.165, 1.54) is 0 Å². The second-order valence-electron chi connectivity index (χ2n) is 7.30. The maximum absolute atomic E-state index is 12.8. The topological polar surface area (TPSA) is 64.6 Å². The fourth-order valence-corrected chi connectivity index (χ4v) is 4.42. The zero-order valence-electron chi connectivity index (χ0n) is 16.0. The number of terminal acetylenes is 1. The molecule has 0 amide bonds. The predicted octanol–water partition coefficient (Wildman–Crippen LogP) is 3.41. The molecule has 5 nitrogen and oxygen atoms in total. The van der Waals surface area contributed by atoms with E-state index in [0.717, 1.165) is 53.8 Å². The van der Waals surface area contributed by atoms with Crippen molar-refractivity contribution in [2.45, 2.75) is 44.4 Å². The Hall–Kier alpha value is -3.00. The van der Waals surface area contributed by atoms with Gasteiger partial charge in [-0.2, -0.15) is 0 Å². The van der Waals surface area contributed by atoms with Crippen molar-refractivity contribution in [2.24, 2.45) is 0 Å². The largest absolute Gasteiger partial charge is 0.493 e. The second-order valence-corrected chi connectivity index (χ2v) is 7.30. The van der Waals surface area contributed by atoms with Crippen LogP contribution in [0.2, 0.25) is 0 Å². The van der Waals surface area contributed by atoms with Gasteiger partial charge >= 0.3 is 0 Å². The van der Waals surface area contributed by atoms with E-state index in [1.54, 1.807) is 13.2 Å². The van der Waals surface area contributed by atoms with Gasteiger partial charge in [0.2, 0.25) is 0 Å². The summed E-state index contributed by atoms with van der Waals surface area (Å²) in [5.41, 5.74) is 4.29. The highest BCUT2D eigenvalue weighted by Crippen LogP contribution is 2.46. The summed E-state index contributed by atoms with van der Waals surface area (Å²) in [6.07, 6.45) is 9.69. The van der Waals surface area contributed by atoms with Crippen LogP contribution in [0.3, 0.4) is 0 Å². The minimum absolute atomic E-state index is 0.121. The number of carbonyl (C=O) groups excluding carboxylic acids is 2. The van der Waals surface area contributed by atoms with Crippen molar-refractivity contribution in [3.05, 3.63) is 46.3 Å². The molecule has 0 saturated carbocycles. The molecular weight excluding hydrogens is 354 g/mol. The zero-order chi connectivity index (χ0) is 19.7. The molecule has 0 bridgehead atoms. The third-order valence-corrected chi connectivity index (χ3v) is 5.62. The van der Waals surface area contributed by atoms with Crippen LogP contribution in [0.25, 0.3) is 0 Å². The molecule has 1 N–H and O–H groups in total. The van der Waals surface area contributed by atoms with Gasteiger partial charge in [0.15, 0.2) is 23.1 Å². The number of benzene rings is 1. The van der Waals surface area contributed by atoms with Gasteiger partial charge in [0, 0.05) is 41.3 Å². The Morgan fingerprint density at radius 1 is 1.04 bits per heavy atom. The van der Waals surface area contributed by atoms with Crippen molar-refractivity contribution >= 4 is 11.6 Å². The van der Waals surface area contributed by atoms with Crippen LogP contribution in [0, 0.1) is 12.3 Å². The first-order chi connectivity index (χ1) is 13.6. The van der Waals surface area contributed by atoms with Gasteiger partial charge in [-0.25, -0.2) is 0 Å². The van der Waals surface area contributed by atoms with E-state index in [0.29, 0.717) is 24.3 Å². The van der Waals surface area contributed by atoms with Gasteiger partial charge in [-0.1, -0.05) is 12.0 Å². The molecule has 0 atom stereocenters. The van der Waals surface area contributed by atoms with Gasteiger partial charge in [0.25, 0.3) is 0 Å². The maximum Gasteiger partial charge on any atom is 0.162 e. The summed E-state index contributed by atoms with van der Waals surface area (Å²) in [6.45, 7) is 0.143. The first-order valence-electron chi connectivity index (χ1n) is 9.67. The lowest BCUT2D eigenvalue weighted by molar-refractivity contribution is -0.116. The Morgan fingerprint density at radius 2 is 1.68 bits per heavy atom. The number of rotatable bonds is 4. The molecular formula is C23H23NO4. The van der Waals surface area contributed by atoms with E-state index < -0.39 is 0 Å². The number of dihydropyridines is 1. The lowest BCUT2D eigenvalue weighted by Crippen LogP contribution is -2.36. The van der Waals surface area contributed by atoms with Crippen LogP contribution in [0.15, 0.2) is 40.7 Å². The molecule has 1 aromatic carbocycles. The quantitative estimate of drug-likeness (QED) is 0.815. The van der Waals surface area contributed by atoms with Crippen molar-refractivity contribution in [3.63, 3.8) is 0 Å². The molecule has 1 heterocycles. The van der Waals surface area contributed by atoms with E-state index in [4.69, 9.17) is 15.9 Å². The highest BCUT2D eigenvalue weighted by atomic mass is 16.5. The van der Waals surface area contributed by atoms with E-state index >= 15 is 0 Å². The highest BCUT2D eigenvalue weighted by molar-refractivity contribution is 6.06. The summed E-state index contributed by atoms with van der Waals surface area (Å²) in [4.78, 5) is 25.7. The normalized spacial score (nSPS) is 19.6. The smallest absolute Gasteiger partial charge is 0.162 e. The van der Waals surface area contributed by atoms with E-state index in [-0.39, 0.29) is 24.1 Å². The van der Waals surface area contributed by atoms with Gasteiger partial charge in [-0.15, -0.1) is 6.42 Å². The Labute approximate surface area is 164 Å². The number of ether oxygens (including phenoxy) is 2. The van der Waals surface area contributed by atoms with Gasteiger partial charge in [-0.05, 0) is 43.4 Å². The molecule has 0 unspecified atom stereocenters. The van der Waals surface area contributed by atoms with Gasteiger partial charge < -0.3 is 14.8 Å². The van der Waals surface area contributed by atoms with Crippen LogP contribution < -0.4 is 14.8 Å². The number of Topliss-reactive ketones (excluding diaryl/α,β-unsaturated/α-hetero) is 2. The number of hydrogen-bond donors (Lipinski definition) is 1. The van der Waals surface area contributed by atoms with Crippen LogP contribution in [-0.4, -0.2) is 25.3 Å². The molecule has 1 aliphatic heterocycles. The summed E-state index contributed by atoms with van der Waals surface area (Å²) in [5.74, 6) is 3.43. The number of ketones is 2. The maximum atomic E-state index is 12.8. The molecule has 4 rings (SSSR count). The molecule has 2 aliphatic carbocycles. The van der Waals surface area contributed by atoms with Crippen LogP contribution in [0.1, 0.15) is 50.0 Å². The Bertz CT molecular complexity index is 906. The van der Waals surface area contributed by atoms with E-state index in [9.17, 15) is 9.59 Å². The summed E-state index contributed by atoms with van der Waals surface area (Å²) in [6, 6.07) is 5.57. The molecule has 3 aliphatic rings. The first kappa shape index (κ1) is 18.4. The summed E-state index contributed by atoms with van der Waals surface area (Å²) >= 11 is 0. The third-order valence-electron chi connectivity index (χ3n) is 5.62. The lowest BCUT2D eigenvalue weighted by Gasteiger charge is -2.37. The molecule has 28 heavy (non-hydrogen) atoms. The molecule has 0 fully saturated rings. The standard InChI is InChI=1S/C23H23NO4/c1-3-12-28-19-11-10-14(13-20(19)27-2)21-22-15(6-4-8-17(22)25)24-16-7-5-9-18(26)23(16)21/h1,10-11,13,21,24H,4-9,12H2,2H3. The van der Waals surface area contributed by atoms with Crippen LogP contribution in [0.5, 0.6) is 11.5 Å². The number of nitrogens with one attached hydrogen (secondary N) is 1. The summed E-state index contributed by atoms with van der Waals surface area (Å²) < 4.78 is 11.0. The fourth-order valence-electron chi connectivity index (χ4n) is 4.42. The Morgan fingerprint density at radius 3 is 2.25 bits per heavy atom. The van der Waals surface area contributed by atoms with Crippen molar-refractivity contribution < 1.29 is 19.1 Å². The van der Waals surface area contributed by atoms with Gasteiger partial charge in [0.05, 0.1) is 7.11 Å². The average Bonchev–Trinajstić information content (AvgIpc) is 2.71. The number of hydrogen-bond acceptors (Lipinski definition) is 5. The van der Waals surface area contributed by atoms with Gasteiger partial charge in [0.1, 0.15) is 6.61 Å². The highest BCUT2D eigenvalue weighted by Gasteiger charge is 2.40. The van der Waals surface area contributed by atoms with Crippen LogP contribution in [-0.2, 0) is 9.59 Å². The molecule has 5 heteroatoms. The predicted molar refractivity (Wildman–Crippen MR) is 105 cm³/mol. The van der Waals surface area contributed by atoms with E-state index in [2.05, 4.69) is 11.2 Å². The summed E-state index contributed by atoms with van der Waals surface area (Å²) in [7, 11) is 1.57. The van der Waals surface area contributed by atoms with Crippen molar-refractivity contribution in [2.75, 3.05) is 13.7 Å². The number of carbonyl (C=O) groups is 2. The molecule has 0 aromatic heterocycles. The van der Waals surface area contributed by atoms with Crippen molar-refractivity contribution in [1.29, 1.82) is 0 Å². The van der Waals surface area contributed by atoms with Gasteiger partial charge in [-0.3, -0.25) is 9.59 Å². The van der Waals surface area contributed by atoms with Crippen molar-refractivity contribution in [3.8, 4) is 23.8 Å². The molecule has 1 aromatic rings.